The highest BCUT2D eigenvalue weighted by molar-refractivity contribution is 6.32. The third-order valence-corrected chi connectivity index (χ3v) is 4.22. The summed E-state index contributed by atoms with van der Waals surface area (Å²) in [7, 11) is 1.28. The molecule has 4 rings (SSSR count). The molecule has 0 bridgehead atoms. The fourth-order valence-corrected chi connectivity index (χ4v) is 3.01. The van der Waals surface area contributed by atoms with Gasteiger partial charge in [0.15, 0.2) is 0 Å². The lowest BCUT2D eigenvalue weighted by molar-refractivity contribution is 0.0601. The molecular formula is C18H13ClN4O4. The lowest BCUT2D eigenvalue weighted by Gasteiger charge is -2.02. The number of carbonyl (C=O) groups excluding carboxylic acids is 2. The maximum atomic E-state index is 12.4. The number of ether oxygens (including phenoxy) is 1. The number of hydrogen-bond donors (Lipinski definition) is 2. The van der Waals surface area contributed by atoms with E-state index in [1.807, 2.05) is 0 Å². The number of fused-ring (bicyclic) bond motifs is 2. The van der Waals surface area contributed by atoms with Crippen molar-refractivity contribution < 1.29 is 18.7 Å². The summed E-state index contributed by atoms with van der Waals surface area (Å²) in [5, 5.41) is 10.5. The van der Waals surface area contributed by atoms with Gasteiger partial charge in [-0.25, -0.2) is 4.79 Å². The molecule has 0 aliphatic carbocycles. The summed E-state index contributed by atoms with van der Waals surface area (Å²) in [5.41, 5.74) is 1.92. The smallest absolute Gasteiger partial charge is 0.341 e. The first-order chi connectivity index (χ1) is 13.1. The van der Waals surface area contributed by atoms with Crippen LogP contribution in [0.1, 0.15) is 26.6 Å². The van der Waals surface area contributed by atoms with E-state index in [-0.39, 0.29) is 23.7 Å². The van der Waals surface area contributed by atoms with Gasteiger partial charge in [0.1, 0.15) is 33.6 Å². The minimum atomic E-state index is -0.553. The number of halogens is 1. The Labute approximate surface area is 157 Å². The van der Waals surface area contributed by atoms with E-state index in [9.17, 15) is 9.59 Å². The lowest BCUT2D eigenvalue weighted by atomic mass is 10.1. The van der Waals surface area contributed by atoms with E-state index in [1.54, 1.807) is 30.5 Å². The quantitative estimate of drug-likeness (QED) is 0.523. The van der Waals surface area contributed by atoms with E-state index in [4.69, 9.17) is 20.8 Å². The summed E-state index contributed by atoms with van der Waals surface area (Å²) in [6.07, 6.45) is 1.59. The molecule has 0 aliphatic heterocycles. The molecule has 27 heavy (non-hydrogen) atoms. The first kappa shape index (κ1) is 17.0. The van der Waals surface area contributed by atoms with Crippen LogP contribution < -0.4 is 5.32 Å². The molecule has 3 heterocycles. The van der Waals surface area contributed by atoms with E-state index in [0.717, 1.165) is 0 Å². The molecule has 0 radical (unpaired) electrons. The minimum absolute atomic E-state index is 0.110. The Morgan fingerprint density at radius 1 is 1.33 bits per heavy atom. The molecule has 3 aromatic heterocycles. The number of esters is 1. The maximum Gasteiger partial charge on any atom is 0.341 e. The summed E-state index contributed by atoms with van der Waals surface area (Å²) in [6, 6.07) is 8.35. The molecule has 4 aromatic rings. The topological polar surface area (TPSA) is 110 Å². The Bertz CT molecular complexity index is 1180. The molecule has 136 valence electrons. The summed E-state index contributed by atoms with van der Waals surface area (Å²) >= 11 is 6.05. The highest BCUT2D eigenvalue weighted by atomic mass is 35.5. The molecule has 1 amide bonds. The number of hydrogen-bond acceptors (Lipinski definition) is 6. The van der Waals surface area contributed by atoms with Crippen molar-refractivity contribution in [3.8, 4) is 0 Å². The van der Waals surface area contributed by atoms with Crippen LogP contribution in [0.15, 0.2) is 40.9 Å². The number of aromatic nitrogens is 3. The number of H-pyrrole nitrogens is 1. The van der Waals surface area contributed by atoms with Crippen LogP contribution >= 0.6 is 11.6 Å². The van der Waals surface area contributed by atoms with Crippen molar-refractivity contribution >= 4 is 45.5 Å². The van der Waals surface area contributed by atoms with Gasteiger partial charge in [0.05, 0.1) is 13.7 Å². The first-order valence-corrected chi connectivity index (χ1v) is 8.32. The van der Waals surface area contributed by atoms with Gasteiger partial charge in [-0.2, -0.15) is 5.10 Å². The van der Waals surface area contributed by atoms with Gasteiger partial charge < -0.3 is 14.5 Å². The Morgan fingerprint density at radius 2 is 2.19 bits per heavy atom. The largest absolute Gasteiger partial charge is 0.465 e. The second-order valence-electron chi connectivity index (χ2n) is 5.73. The van der Waals surface area contributed by atoms with Gasteiger partial charge >= 0.3 is 5.97 Å². The van der Waals surface area contributed by atoms with Crippen molar-refractivity contribution in [3.05, 3.63) is 58.6 Å². The SMILES string of the molecule is COC(=O)c1cc(Cl)cc2cc(CNC(=O)c3[nH]nc4cccnc34)oc12. The third kappa shape index (κ3) is 3.11. The third-order valence-electron chi connectivity index (χ3n) is 4.00. The molecule has 0 saturated carbocycles. The van der Waals surface area contributed by atoms with Crippen LogP contribution in [-0.2, 0) is 11.3 Å². The number of pyridine rings is 1. The summed E-state index contributed by atoms with van der Waals surface area (Å²) < 4.78 is 10.5. The normalized spacial score (nSPS) is 11.0. The molecule has 0 unspecified atom stereocenters. The molecule has 1 aromatic carbocycles. The molecule has 0 saturated heterocycles. The summed E-state index contributed by atoms with van der Waals surface area (Å²) in [4.78, 5) is 28.5. The van der Waals surface area contributed by atoms with E-state index in [0.29, 0.717) is 32.8 Å². The molecule has 8 nitrogen and oxygen atoms in total. The van der Waals surface area contributed by atoms with Crippen molar-refractivity contribution in [2.24, 2.45) is 0 Å². The van der Waals surface area contributed by atoms with Gasteiger partial charge in [-0.15, -0.1) is 0 Å². The zero-order valence-electron chi connectivity index (χ0n) is 14.1. The van der Waals surface area contributed by atoms with Crippen molar-refractivity contribution in [1.82, 2.24) is 20.5 Å². The van der Waals surface area contributed by atoms with Crippen LogP contribution in [-0.4, -0.2) is 34.2 Å². The van der Waals surface area contributed by atoms with Crippen LogP contribution in [0.2, 0.25) is 5.02 Å². The average Bonchev–Trinajstić information content (AvgIpc) is 3.28. The second-order valence-corrected chi connectivity index (χ2v) is 6.16. The zero-order chi connectivity index (χ0) is 19.0. The fourth-order valence-electron chi connectivity index (χ4n) is 2.78. The van der Waals surface area contributed by atoms with Crippen LogP contribution in [0, 0.1) is 0 Å². The first-order valence-electron chi connectivity index (χ1n) is 7.94. The molecule has 9 heteroatoms. The monoisotopic (exact) mass is 384 g/mol. The predicted molar refractivity (Wildman–Crippen MR) is 97.6 cm³/mol. The van der Waals surface area contributed by atoms with Gasteiger partial charge in [-0.3, -0.25) is 14.9 Å². The molecule has 0 atom stereocenters. The van der Waals surface area contributed by atoms with Gasteiger partial charge in [-0.1, -0.05) is 11.6 Å². The summed E-state index contributed by atoms with van der Waals surface area (Å²) in [6.45, 7) is 0.110. The Hall–Kier alpha value is -3.39. The average molecular weight is 385 g/mol. The highest BCUT2D eigenvalue weighted by Gasteiger charge is 2.18. The van der Waals surface area contributed by atoms with E-state index < -0.39 is 5.97 Å². The van der Waals surface area contributed by atoms with E-state index >= 15 is 0 Å². The number of rotatable bonds is 4. The number of nitrogens with one attached hydrogen (secondary N) is 2. The number of furan rings is 1. The van der Waals surface area contributed by atoms with Crippen LogP contribution in [0.3, 0.4) is 0 Å². The van der Waals surface area contributed by atoms with Crippen molar-refractivity contribution in [2.45, 2.75) is 6.54 Å². The van der Waals surface area contributed by atoms with Crippen LogP contribution in [0.5, 0.6) is 0 Å². The van der Waals surface area contributed by atoms with Crippen LogP contribution in [0.4, 0.5) is 0 Å². The molecule has 0 spiro atoms. The molecule has 0 aliphatic rings. The number of methoxy groups -OCH3 is 1. The summed E-state index contributed by atoms with van der Waals surface area (Å²) in [5.74, 6) is -0.465. The second kappa shape index (κ2) is 6.73. The van der Waals surface area contributed by atoms with Gasteiger partial charge in [0, 0.05) is 16.6 Å². The zero-order valence-corrected chi connectivity index (χ0v) is 14.8. The van der Waals surface area contributed by atoms with Gasteiger partial charge in [0.2, 0.25) is 0 Å². The maximum absolute atomic E-state index is 12.4. The van der Waals surface area contributed by atoms with Crippen LogP contribution in [0.25, 0.3) is 22.0 Å². The number of carbonyl (C=O) groups is 2. The fraction of sp³-hybridized carbons (Fsp3) is 0.111. The van der Waals surface area contributed by atoms with Gasteiger partial charge in [-0.05, 0) is 30.3 Å². The number of nitrogens with zero attached hydrogens (tertiary/aromatic N) is 2. The Balaban J connectivity index is 1.59. The number of benzene rings is 1. The Kier molecular flexibility index (Phi) is 4.25. The Morgan fingerprint density at radius 3 is 3.00 bits per heavy atom. The molecule has 0 fully saturated rings. The predicted octanol–water partition coefficient (Wildman–Crippen LogP) is 3.07. The number of aromatic amines is 1. The van der Waals surface area contributed by atoms with E-state index in [2.05, 4.69) is 20.5 Å². The van der Waals surface area contributed by atoms with Crippen molar-refractivity contribution in [1.29, 1.82) is 0 Å². The minimum Gasteiger partial charge on any atom is -0.465 e. The van der Waals surface area contributed by atoms with Crippen molar-refractivity contribution in [2.75, 3.05) is 7.11 Å². The van der Waals surface area contributed by atoms with Gasteiger partial charge in [0.25, 0.3) is 5.91 Å². The molecular weight excluding hydrogens is 372 g/mol. The number of amides is 1. The lowest BCUT2D eigenvalue weighted by Crippen LogP contribution is -2.23. The highest BCUT2D eigenvalue weighted by Crippen LogP contribution is 2.28. The van der Waals surface area contributed by atoms with Crippen molar-refractivity contribution in [3.63, 3.8) is 0 Å². The van der Waals surface area contributed by atoms with E-state index in [1.165, 1.54) is 13.2 Å². The standard InChI is InChI=1S/C18H13ClN4O4/c1-26-18(25)12-7-10(19)5-9-6-11(27-16(9)12)8-21-17(24)15-14-13(22-23-15)3-2-4-20-14/h2-7H,8H2,1H3,(H,21,24)(H,22,23). The molecule has 2 N–H and O–H groups in total.